The number of rotatable bonds is 7. The number of fused-ring (bicyclic) bond motifs is 3. The fourth-order valence-electron chi connectivity index (χ4n) is 8.11. The molecule has 2 fully saturated rings. The molecular weight excluding hydrogens is 562 g/mol. The summed E-state index contributed by atoms with van der Waals surface area (Å²) in [7, 11) is 1.63. The fraction of sp³-hybridized carbons (Fsp3) is 0.543. The summed E-state index contributed by atoms with van der Waals surface area (Å²) in [5.74, 6) is 0.812. The lowest BCUT2D eigenvalue weighted by molar-refractivity contribution is -0.217. The Morgan fingerprint density at radius 1 is 1.00 bits per heavy atom. The van der Waals surface area contributed by atoms with Crippen LogP contribution >= 0.6 is 0 Å². The van der Waals surface area contributed by atoms with E-state index in [-0.39, 0.29) is 31.3 Å². The molecule has 0 bridgehead atoms. The molecule has 5 aliphatic rings. The van der Waals surface area contributed by atoms with Crippen molar-refractivity contribution in [3.8, 4) is 11.5 Å². The molecule has 7 rings (SSSR count). The normalized spacial score (nSPS) is 29.9. The van der Waals surface area contributed by atoms with E-state index in [2.05, 4.69) is 23.1 Å². The average molecular weight is 604 g/mol. The predicted molar refractivity (Wildman–Crippen MR) is 160 cm³/mol. The van der Waals surface area contributed by atoms with Crippen molar-refractivity contribution in [2.75, 3.05) is 27.0 Å². The highest BCUT2D eigenvalue weighted by Gasteiger charge is 2.60. The Morgan fingerprint density at radius 2 is 1.80 bits per heavy atom. The van der Waals surface area contributed by atoms with Gasteiger partial charge in [-0.15, -0.1) is 0 Å². The van der Waals surface area contributed by atoms with Gasteiger partial charge in [-0.1, -0.05) is 30.3 Å². The van der Waals surface area contributed by atoms with Crippen LogP contribution < -0.4 is 9.47 Å². The van der Waals surface area contributed by atoms with Crippen molar-refractivity contribution < 1.29 is 38.0 Å². The first-order valence-corrected chi connectivity index (χ1v) is 15.8. The minimum absolute atomic E-state index is 0.126. The molecule has 234 valence electrons. The molecule has 0 saturated carbocycles. The maximum Gasteiger partial charge on any atom is 0.339 e. The van der Waals surface area contributed by atoms with E-state index >= 15 is 0 Å². The molecule has 2 saturated heterocycles. The number of methoxy groups -OCH3 is 1. The summed E-state index contributed by atoms with van der Waals surface area (Å²) in [5.41, 5.74) is 0.687. The average Bonchev–Trinajstić information content (AvgIpc) is 3.69. The molecule has 9 nitrogen and oxygen atoms in total. The highest BCUT2D eigenvalue weighted by Crippen LogP contribution is 2.56. The second kappa shape index (κ2) is 11.1. The minimum Gasteiger partial charge on any atom is -0.497 e. The van der Waals surface area contributed by atoms with Crippen molar-refractivity contribution in [1.82, 2.24) is 4.90 Å². The molecule has 4 heterocycles. The van der Waals surface area contributed by atoms with Crippen molar-refractivity contribution in [3.63, 3.8) is 0 Å². The number of carbonyl (C=O) groups is 2. The predicted octanol–water partition coefficient (Wildman–Crippen LogP) is 5.20. The Balaban J connectivity index is 1.21. The van der Waals surface area contributed by atoms with Crippen molar-refractivity contribution in [2.24, 2.45) is 0 Å². The van der Waals surface area contributed by atoms with E-state index in [9.17, 15) is 9.59 Å². The number of benzene rings is 2. The Kier molecular flexibility index (Phi) is 7.36. The third-order valence-electron chi connectivity index (χ3n) is 10.1. The number of esters is 2. The van der Waals surface area contributed by atoms with E-state index in [4.69, 9.17) is 28.4 Å². The quantitative estimate of drug-likeness (QED) is 0.396. The molecule has 0 amide bonds. The van der Waals surface area contributed by atoms with Gasteiger partial charge in [-0.05, 0) is 93.8 Å². The first-order valence-electron chi connectivity index (χ1n) is 15.8. The molecular formula is C35H41NO8. The van der Waals surface area contributed by atoms with E-state index in [0.717, 1.165) is 67.6 Å². The van der Waals surface area contributed by atoms with Gasteiger partial charge in [-0.3, -0.25) is 9.69 Å². The Morgan fingerprint density at radius 3 is 2.57 bits per heavy atom. The fourth-order valence-corrected chi connectivity index (χ4v) is 8.11. The number of carbonyl (C=O) groups excluding carboxylic acids is 2. The van der Waals surface area contributed by atoms with E-state index < -0.39 is 29.2 Å². The van der Waals surface area contributed by atoms with Gasteiger partial charge in [-0.2, -0.15) is 0 Å². The van der Waals surface area contributed by atoms with E-state index in [1.807, 2.05) is 44.2 Å². The number of hydrogen-bond donors (Lipinski definition) is 0. The van der Waals surface area contributed by atoms with Crippen LogP contribution in [0.2, 0.25) is 0 Å². The van der Waals surface area contributed by atoms with Gasteiger partial charge in [0.2, 0.25) is 6.79 Å². The maximum atomic E-state index is 14.5. The zero-order valence-corrected chi connectivity index (χ0v) is 25.8. The van der Waals surface area contributed by atoms with Crippen LogP contribution in [0.15, 0.2) is 54.3 Å². The lowest BCUT2D eigenvalue weighted by atomic mass is 9.77. The topological polar surface area (TPSA) is 92.8 Å². The number of nitrogens with zero attached hydrogens (tertiary/aromatic N) is 1. The van der Waals surface area contributed by atoms with Crippen LogP contribution in [0.1, 0.15) is 75.0 Å². The first-order chi connectivity index (χ1) is 21.2. The second-order valence-corrected chi connectivity index (χ2v) is 13.3. The van der Waals surface area contributed by atoms with Crippen molar-refractivity contribution in [2.45, 2.75) is 94.2 Å². The highest BCUT2D eigenvalue weighted by molar-refractivity contribution is 5.86. The highest BCUT2D eigenvalue weighted by atomic mass is 16.7. The van der Waals surface area contributed by atoms with Crippen LogP contribution in [-0.2, 0) is 41.6 Å². The summed E-state index contributed by atoms with van der Waals surface area (Å²) in [5, 5.41) is 0. The van der Waals surface area contributed by atoms with Gasteiger partial charge >= 0.3 is 11.9 Å². The van der Waals surface area contributed by atoms with Crippen molar-refractivity contribution >= 4 is 11.9 Å². The monoisotopic (exact) mass is 603 g/mol. The van der Waals surface area contributed by atoms with Crippen LogP contribution in [0, 0.1) is 0 Å². The summed E-state index contributed by atoms with van der Waals surface area (Å²) >= 11 is 0. The summed E-state index contributed by atoms with van der Waals surface area (Å²) < 4.78 is 36.2. The van der Waals surface area contributed by atoms with E-state index in [1.54, 1.807) is 7.11 Å². The molecule has 2 aromatic rings. The van der Waals surface area contributed by atoms with Gasteiger partial charge < -0.3 is 28.4 Å². The molecule has 44 heavy (non-hydrogen) atoms. The smallest absolute Gasteiger partial charge is 0.339 e. The summed E-state index contributed by atoms with van der Waals surface area (Å²) in [6, 6.07) is 13.6. The number of hydrogen-bond acceptors (Lipinski definition) is 9. The minimum atomic E-state index is -1.47. The zero-order valence-electron chi connectivity index (χ0n) is 25.8. The Hall–Kier alpha value is -3.56. The third kappa shape index (κ3) is 5.04. The SMILES string of the molecule is COC1=CC23CCCN2CCc2cc4c(cc2[C@@H]3C1OC(=O)[C@]1(CC(=O)OCc2ccccc2)CCCC(C)(C)O1)OCO4. The first kappa shape index (κ1) is 29.2. The van der Waals surface area contributed by atoms with Crippen LogP contribution in [0.25, 0.3) is 0 Å². The Bertz CT molecular complexity index is 1470. The van der Waals surface area contributed by atoms with E-state index in [0.29, 0.717) is 17.9 Å². The van der Waals surface area contributed by atoms with Crippen LogP contribution in [-0.4, -0.2) is 66.7 Å². The van der Waals surface area contributed by atoms with Crippen molar-refractivity contribution in [1.29, 1.82) is 0 Å². The van der Waals surface area contributed by atoms with Gasteiger partial charge in [0.25, 0.3) is 0 Å². The van der Waals surface area contributed by atoms with E-state index in [1.165, 1.54) is 0 Å². The second-order valence-electron chi connectivity index (χ2n) is 13.3. The van der Waals surface area contributed by atoms with Crippen LogP contribution in [0.3, 0.4) is 0 Å². The maximum absolute atomic E-state index is 14.5. The van der Waals surface area contributed by atoms with Crippen LogP contribution in [0.5, 0.6) is 11.5 Å². The van der Waals surface area contributed by atoms with Gasteiger partial charge in [0, 0.05) is 6.54 Å². The van der Waals surface area contributed by atoms with Gasteiger partial charge in [0.1, 0.15) is 12.4 Å². The molecule has 0 radical (unpaired) electrons. The zero-order chi connectivity index (χ0) is 30.5. The lowest BCUT2D eigenvalue weighted by Crippen LogP contribution is -2.54. The van der Waals surface area contributed by atoms with Gasteiger partial charge in [0.05, 0.1) is 30.6 Å². The summed E-state index contributed by atoms with van der Waals surface area (Å²) in [4.78, 5) is 30.3. The third-order valence-corrected chi connectivity index (χ3v) is 10.1. The molecule has 1 spiro atoms. The van der Waals surface area contributed by atoms with Crippen LogP contribution in [0.4, 0.5) is 0 Å². The molecule has 0 aromatic heterocycles. The summed E-state index contributed by atoms with van der Waals surface area (Å²) in [6.45, 7) is 6.06. The molecule has 0 N–H and O–H groups in total. The molecule has 2 aromatic carbocycles. The Labute approximate surface area is 258 Å². The molecule has 2 unspecified atom stereocenters. The largest absolute Gasteiger partial charge is 0.497 e. The van der Waals surface area contributed by atoms with Crippen molar-refractivity contribution in [3.05, 3.63) is 71.0 Å². The van der Waals surface area contributed by atoms with Gasteiger partial charge in [-0.25, -0.2) is 4.79 Å². The molecule has 9 heteroatoms. The molecule has 4 atom stereocenters. The lowest BCUT2D eigenvalue weighted by Gasteiger charge is -2.44. The molecule has 1 aliphatic carbocycles. The molecule has 4 aliphatic heterocycles. The van der Waals surface area contributed by atoms with Gasteiger partial charge in [0.15, 0.2) is 23.2 Å². The summed E-state index contributed by atoms with van der Waals surface area (Å²) in [6.07, 6.45) is 5.94. The number of ether oxygens (including phenoxy) is 6. The standard InChI is InChI=1S/C35H41NO8/c1-33(2)12-7-14-35(44-33,20-29(37)40-21-23-9-5-4-6-10-23)32(38)43-31-28(39-3)19-34-13-8-15-36(34)16-11-24-17-26-27(42-22-41-26)18-25(24)30(31)34/h4-6,9-10,17-19,30-31H,7-8,11-16,20-22H2,1-3H3/t30-,31?,34?,35-/m1/s1.